The zero-order valence-electron chi connectivity index (χ0n) is 14.9. The van der Waals surface area contributed by atoms with Crippen LogP contribution >= 0.6 is 11.6 Å². The van der Waals surface area contributed by atoms with Gasteiger partial charge in [0, 0.05) is 24.8 Å². The molecule has 0 saturated carbocycles. The average Bonchev–Trinajstić information content (AvgIpc) is 3.38. The third-order valence-electron chi connectivity index (χ3n) is 4.93. The van der Waals surface area contributed by atoms with Gasteiger partial charge in [-0.25, -0.2) is 4.79 Å². The summed E-state index contributed by atoms with van der Waals surface area (Å²) in [4.78, 5) is 25.5. The minimum absolute atomic E-state index is 0.0763. The highest BCUT2D eigenvalue weighted by molar-refractivity contribution is 6.33. The Bertz CT molecular complexity index is 1020. The van der Waals surface area contributed by atoms with Gasteiger partial charge in [0.15, 0.2) is 5.76 Å². The van der Waals surface area contributed by atoms with E-state index in [9.17, 15) is 9.59 Å². The first-order valence-corrected chi connectivity index (χ1v) is 9.32. The molecule has 4 rings (SSSR count). The molecule has 28 heavy (non-hydrogen) atoms. The quantitative estimate of drug-likeness (QED) is 0.717. The summed E-state index contributed by atoms with van der Waals surface area (Å²) in [5.74, 6) is -0.323. The normalized spacial score (nSPS) is 15.0. The van der Waals surface area contributed by atoms with Crippen LogP contribution in [0.5, 0.6) is 0 Å². The molecule has 144 valence electrons. The molecule has 0 radical (unpaired) electrons. The van der Waals surface area contributed by atoms with Crippen molar-refractivity contribution in [2.24, 2.45) is 0 Å². The van der Waals surface area contributed by atoms with Crippen LogP contribution in [0.25, 0.3) is 11.3 Å². The number of carbonyl (C=O) groups is 2. The molecule has 3 heterocycles. The number of carboxylic acids is 1. The van der Waals surface area contributed by atoms with E-state index >= 15 is 0 Å². The predicted octanol–water partition coefficient (Wildman–Crippen LogP) is 3.97. The van der Waals surface area contributed by atoms with E-state index in [1.807, 2.05) is 18.2 Å². The second-order valence-corrected chi connectivity index (χ2v) is 7.09. The number of hydrogen-bond donors (Lipinski definition) is 1. The maximum atomic E-state index is 12.8. The fourth-order valence-corrected chi connectivity index (χ4v) is 3.62. The maximum absolute atomic E-state index is 12.8. The molecule has 0 aliphatic carbocycles. The van der Waals surface area contributed by atoms with Gasteiger partial charge < -0.3 is 14.4 Å². The predicted molar refractivity (Wildman–Crippen MR) is 103 cm³/mol. The SMILES string of the molecule is O=C(O)c1cnn(C2CCN(C(=O)c3ccc(-c4ccccc4Cl)o3)CC2)c1. The molecule has 0 bridgehead atoms. The summed E-state index contributed by atoms with van der Waals surface area (Å²) in [6, 6.07) is 10.8. The van der Waals surface area contributed by atoms with Crippen LogP contribution in [-0.2, 0) is 0 Å². The van der Waals surface area contributed by atoms with Crippen LogP contribution in [0.1, 0.15) is 39.8 Å². The lowest BCUT2D eigenvalue weighted by Gasteiger charge is -2.31. The fraction of sp³-hybridized carbons (Fsp3) is 0.250. The Kier molecular flexibility index (Phi) is 4.92. The molecular formula is C20H18ClN3O4. The Hall–Kier alpha value is -3.06. The van der Waals surface area contributed by atoms with Gasteiger partial charge in [-0.15, -0.1) is 0 Å². The topological polar surface area (TPSA) is 88.6 Å². The standard InChI is InChI=1S/C20H18ClN3O4/c21-16-4-2-1-3-15(16)17-5-6-18(28-17)19(25)23-9-7-14(8-10-23)24-12-13(11-22-24)20(26)27/h1-6,11-12,14H,7-10H2,(H,26,27). The number of aromatic nitrogens is 2. The molecule has 0 unspecified atom stereocenters. The molecule has 3 aromatic rings. The number of aromatic carboxylic acids is 1. The van der Waals surface area contributed by atoms with Gasteiger partial charge in [0.1, 0.15) is 5.76 Å². The van der Waals surface area contributed by atoms with Gasteiger partial charge in [0.25, 0.3) is 5.91 Å². The number of piperidine rings is 1. The van der Waals surface area contributed by atoms with Crippen LogP contribution in [0.3, 0.4) is 0 Å². The van der Waals surface area contributed by atoms with Crippen LogP contribution in [0.2, 0.25) is 5.02 Å². The molecule has 1 N–H and O–H groups in total. The minimum Gasteiger partial charge on any atom is -0.478 e. The van der Waals surface area contributed by atoms with Gasteiger partial charge in [-0.1, -0.05) is 23.7 Å². The van der Waals surface area contributed by atoms with Gasteiger partial charge in [-0.05, 0) is 37.1 Å². The molecule has 7 nitrogen and oxygen atoms in total. The van der Waals surface area contributed by atoms with E-state index in [1.54, 1.807) is 27.8 Å². The van der Waals surface area contributed by atoms with Crippen molar-refractivity contribution >= 4 is 23.5 Å². The van der Waals surface area contributed by atoms with Crippen molar-refractivity contribution in [1.82, 2.24) is 14.7 Å². The van der Waals surface area contributed by atoms with E-state index in [1.165, 1.54) is 12.4 Å². The zero-order chi connectivity index (χ0) is 19.7. The van der Waals surface area contributed by atoms with Gasteiger partial charge >= 0.3 is 5.97 Å². The Morgan fingerprint density at radius 3 is 2.57 bits per heavy atom. The smallest absolute Gasteiger partial charge is 0.338 e. The van der Waals surface area contributed by atoms with Gasteiger partial charge in [0.05, 0.1) is 22.8 Å². The third kappa shape index (κ3) is 3.53. The molecule has 1 aliphatic heterocycles. The molecule has 8 heteroatoms. The number of rotatable bonds is 4. The molecule has 1 aliphatic rings. The number of carboxylic acid groups (broad SMARTS) is 1. The highest BCUT2D eigenvalue weighted by Gasteiger charge is 2.27. The second kappa shape index (κ2) is 7.52. The van der Waals surface area contributed by atoms with Crippen molar-refractivity contribution in [2.45, 2.75) is 18.9 Å². The van der Waals surface area contributed by atoms with Crippen molar-refractivity contribution in [3.8, 4) is 11.3 Å². The Labute approximate surface area is 166 Å². The molecule has 1 fully saturated rings. The summed E-state index contributed by atoms with van der Waals surface area (Å²) >= 11 is 6.19. The van der Waals surface area contributed by atoms with Crippen LogP contribution in [0.4, 0.5) is 0 Å². The lowest BCUT2D eigenvalue weighted by Crippen LogP contribution is -2.39. The van der Waals surface area contributed by atoms with Crippen molar-refractivity contribution in [1.29, 1.82) is 0 Å². The molecule has 0 spiro atoms. The van der Waals surface area contributed by atoms with E-state index in [-0.39, 0.29) is 23.3 Å². The number of nitrogens with zero attached hydrogens (tertiary/aromatic N) is 3. The van der Waals surface area contributed by atoms with E-state index < -0.39 is 5.97 Å². The Morgan fingerprint density at radius 1 is 1.14 bits per heavy atom. The largest absolute Gasteiger partial charge is 0.478 e. The van der Waals surface area contributed by atoms with E-state index in [0.717, 1.165) is 5.56 Å². The Morgan fingerprint density at radius 2 is 1.89 bits per heavy atom. The number of carbonyl (C=O) groups excluding carboxylic acids is 1. The molecule has 1 aromatic carbocycles. The first kappa shape index (κ1) is 18.3. The first-order chi connectivity index (χ1) is 13.5. The fourth-order valence-electron chi connectivity index (χ4n) is 3.40. The summed E-state index contributed by atoms with van der Waals surface area (Å²) in [5, 5.41) is 13.7. The van der Waals surface area contributed by atoms with Crippen molar-refractivity contribution in [3.63, 3.8) is 0 Å². The second-order valence-electron chi connectivity index (χ2n) is 6.68. The van der Waals surface area contributed by atoms with Crippen LogP contribution in [0, 0.1) is 0 Å². The van der Waals surface area contributed by atoms with Crippen LogP contribution < -0.4 is 0 Å². The van der Waals surface area contributed by atoms with E-state index in [2.05, 4.69) is 5.10 Å². The van der Waals surface area contributed by atoms with Crippen molar-refractivity contribution in [3.05, 3.63) is 65.1 Å². The molecule has 1 amide bonds. The van der Waals surface area contributed by atoms with Crippen LogP contribution in [0.15, 0.2) is 53.2 Å². The molecule has 1 saturated heterocycles. The molecule has 0 atom stereocenters. The van der Waals surface area contributed by atoms with Crippen molar-refractivity contribution < 1.29 is 19.1 Å². The summed E-state index contributed by atoms with van der Waals surface area (Å²) < 4.78 is 7.42. The highest BCUT2D eigenvalue weighted by Crippen LogP contribution is 2.30. The number of benzene rings is 1. The lowest BCUT2D eigenvalue weighted by atomic mass is 10.1. The van der Waals surface area contributed by atoms with E-state index in [4.69, 9.17) is 21.1 Å². The monoisotopic (exact) mass is 399 g/mol. The zero-order valence-corrected chi connectivity index (χ0v) is 15.7. The summed E-state index contributed by atoms with van der Waals surface area (Å²) in [7, 11) is 0. The van der Waals surface area contributed by atoms with Gasteiger partial charge in [-0.2, -0.15) is 5.10 Å². The van der Waals surface area contributed by atoms with Gasteiger partial charge in [-0.3, -0.25) is 9.48 Å². The van der Waals surface area contributed by atoms with Crippen LogP contribution in [-0.4, -0.2) is 44.8 Å². The number of amides is 1. The average molecular weight is 400 g/mol. The number of halogens is 1. The number of hydrogen-bond acceptors (Lipinski definition) is 4. The third-order valence-corrected chi connectivity index (χ3v) is 5.26. The Balaban J connectivity index is 1.42. The lowest BCUT2D eigenvalue weighted by molar-refractivity contribution is 0.0658. The summed E-state index contributed by atoms with van der Waals surface area (Å²) in [6.45, 7) is 1.10. The minimum atomic E-state index is -0.994. The number of likely N-dealkylation sites (tertiary alicyclic amines) is 1. The van der Waals surface area contributed by atoms with Gasteiger partial charge in [0.2, 0.25) is 0 Å². The summed E-state index contributed by atoms with van der Waals surface area (Å²) in [6.07, 6.45) is 4.28. The first-order valence-electron chi connectivity index (χ1n) is 8.94. The molecule has 2 aromatic heterocycles. The summed E-state index contributed by atoms with van der Waals surface area (Å²) in [5.41, 5.74) is 0.913. The number of furan rings is 1. The van der Waals surface area contributed by atoms with E-state index in [0.29, 0.717) is 36.7 Å². The van der Waals surface area contributed by atoms with Crippen molar-refractivity contribution in [2.75, 3.05) is 13.1 Å². The highest BCUT2D eigenvalue weighted by atomic mass is 35.5. The maximum Gasteiger partial charge on any atom is 0.338 e. The molecular weight excluding hydrogens is 382 g/mol.